The Kier molecular flexibility index (Phi) is 4.41. The summed E-state index contributed by atoms with van der Waals surface area (Å²) < 4.78 is 1.68. The molecule has 1 aromatic carbocycles. The van der Waals surface area contributed by atoms with Crippen LogP contribution in [0, 0.1) is 12.8 Å². The summed E-state index contributed by atoms with van der Waals surface area (Å²) in [5, 5.41) is 15.1. The van der Waals surface area contributed by atoms with Crippen LogP contribution in [0.1, 0.15) is 29.4 Å². The van der Waals surface area contributed by atoms with E-state index in [1.807, 2.05) is 26.0 Å². The van der Waals surface area contributed by atoms with E-state index in [-0.39, 0.29) is 11.8 Å². The van der Waals surface area contributed by atoms with Crippen molar-refractivity contribution in [2.45, 2.75) is 26.4 Å². The predicted octanol–water partition coefficient (Wildman–Crippen LogP) is 2.68. The van der Waals surface area contributed by atoms with Crippen molar-refractivity contribution in [3.05, 3.63) is 46.7 Å². The molecule has 0 spiro atoms. The molecule has 0 radical (unpaired) electrons. The molecule has 2 heterocycles. The number of rotatable bonds is 2. The van der Waals surface area contributed by atoms with Gasteiger partial charge < -0.3 is 10.0 Å². The Labute approximate surface area is 140 Å². The van der Waals surface area contributed by atoms with E-state index in [2.05, 4.69) is 5.10 Å². The van der Waals surface area contributed by atoms with Crippen molar-refractivity contribution < 1.29 is 9.90 Å². The molecular weight excluding hydrogens is 314 g/mol. The Morgan fingerprint density at radius 2 is 2.04 bits per heavy atom. The fourth-order valence-corrected chi connectivity index (χ4v) is 2.93. The van der Waals surface area contributed by atoms with Crippen LogP contribution in [-0.4, -0.2) is 44.9 Å². The number of aromatic nitrogens is 2. The van der Waals surface area contributed by atoms with Crippen LogP contribution in [0.4, 0.5) is 0 Å². The van der Waals surface area contributed by atoms with Gasteiger partial charge in [0, 0.05) is 24.3 Å². The predicted molar refractivity (Wildman–Crippen MR) is 89.0 cm³/mol. The molecule has 1 aromatic heterocycles. The number of likely N-dealkylation sites (tertiary alicyclic amines) is 1. The molecule has 23 heavy (non-hydrogen) atoms. The maximum absolute atomic E-state index is 12.7. The first-order valence-electron chi connectivity index (χ1n) is 7.75. The van der Waals surface area contributed by atoms with Gasteiger partial charge >= 0.3 is 0 Å². The molecule has 2 aromatic rings. The first-order valence-corrected chi connectivity index (χ1v) is 8.13. The number of benzene rings is 1. The fraction of sp³-hybridized carbons (Fsp3) is 0.412. The van der Waals surface area contributed by atoms with Crippen LogP contribution in [0.25, 0.3) is 5.69 Å². The molecule has 6 heteroatoms. The Morgan fingerprint density at radius 1 is 1.35 bits per heavy atom. The van der Waals surface area contributed by atoms with Crippen LogP contribution in [0.3, 0.4) is 0 Å². The van der Waals surface area contributed by atoms with Gasteiger partial charge in [-0.2, -0.15) is 5.10 Å². The molecule has 1 amide bonds. The van der Waals surface area contributed by atoms with Crippen molar-refractivity contribution in [1.82, 2.24) is 14.7 Å². The second kappa shape index (κ2) is 6.34. The van der Waals surface area contributed by atoms with Gasteiger partial charge in [-0.25, -0.2) is 4.68 Å². The van der Waals surface area contributed by atoms with Crippen molar-refractivity contribution in [2.75, 3.05) is 13.1 Å². The second-order valence-electron chi connectivity index (χ2n) is 6.13. The number of amides is 1. The first kappa shape index (κ1) is 16.0. The number of piperidine rings is 1. The normalized spacial score (nSPS) is 21.5. The molecule has 0 saturated carbocycles. The maximum atomic E-state index is 12.7. The van der Waals surface area contributed by atoms with E-state index in [1.165, 1.54) is 0 Å². The zero-order valence-electron chi connectivity index (χ0n) is 13.2. The van der Waals surface area contributed by atoms with E-state index >= 15 is 0 Å². The minimum atomic E-state index is -0.459. The van der Waals surface area contributed by atoms with E-state index in [4.69, 9.17) is 11.6 Å². The number of aryl methyl sites for hydroxylation is 1. The number of carbonyl (C=O) groups excluding carboxylic acids is 1. The molecule has 3 rings (SSSR count). The highest BCUT2D eigenvalue weighted by atomic mass is 35.5. The van der Waals surface area contributed by atoms with Crippen LogP contribution in [0.5, 0.6) is 0 Å². The molecule has 0 aliphatic carbocycles. The number of hydrogen-bond acceptors (Lipinski definition) is 3. The lowest BCUT2D eigenvalue weighted by Crippen LogP contribution is -2.45. The average Bonchev–Trinajstić information content (AvgIpc) is 2.92. The summed E-state index contributed by atoms with van der Waals surface area (Å²) in [7, 11) is 0. The summed E-state index contributed by atoms with van der Waals surface area (Å²) in [6.07, 6.45) is 2.10. The SMILES string of the molecule is Cc1nn(-c2ccc(Cl)cc2)cc1C(=O)N1CCC(C)C(O)C1. The largest absolute Gasteiger partial charge is 0.391 e. The summed E-state index contributed by atoms with van der Waals surface area (Å²) in [6, 6.07) is 7.29. The molecule has 1 fully saturated rings. The lowest BCUT2D eigenvalue weighted by molar-refractivity contribution is 0.0248. The lowest BCUT2D eigenvalue weighted by atomic mass is 9.95. The zero-order valence-corrected chi connectivity index (χ0v) is 14.0. The molecule has 0 bridgehead atoms. The molecule has 1 aliphatic rings. The third kappa shape index (κ3) is 3.26. The van der Waals surface area contributed by atoms with Crippen molar-refractivity contribution in [2.24, 2.45) is 5.92 Å². The van der Waals surface area contributed by atoms with Crippen molar-refractivity contribution in [3.63, 3.8) is 0 Å². The third-order valence-electron chi connectivity index (χ3n) is 4.43. The highest BCUT2D eigenvalue weighted by Crippen LogP contribution is 2.21. The highest BCUT2D eigenvalue weighted by Gasteiger charge is 2.29. The summed E-state index contributed by atoms with van der Waals surface area (Å²) >= 11 is 5.90. The first-order chi connectivity index (χ1) is 11.0. The number of aliphatic hydroxyl groups excluding tert-OH is 1. The molecule has 5 nitrogen and oxygen atoms in total. The topological polar surface area (TPSA) is 58.4 Å². The molecular formula is C17H20ClN3O2. The highest BCUT2D eigenvalue weighted by molar-refractivity contribution is 6.30. The van der Waals surface area contributed by atoms with Crippen molar-refractivity contribution >= 4 is 17.5 Å². The van der Waals surface area contributed by atoms with E-state index in [0.717, 1.165) is 12.1 Å². The van der Waals surface area contributed by atoms with E-state index in [0.29, 0.717) is 29.4 Å². The lowest BCUT2D eigenvalue weighted by Gasteiger charge is -2.34. The number of β-amino-alcohol motifs (C(OH)–C–C–N with tert-alkyl or cyclic N) is 1. The van der Waals surface area contributed by atoms with Gasteiger partial charge in [-0.05, 0) is 43.5 Å². The summed E-state index contributed by atoms with van der Waals surface area (Å²) in [6.45, 7) is 4.88. The van der Waals surface area contributed by atoms with Crippen molar-refractivity contribution in [1.29, 1.82) is 0 Å². The number of carbonyl (C=O) groups is 1. The van der Waals surface area contributed by atoms with Crippen LogP contribution in [0.15, 0.2) is 30.5 Å². The zero-order chi connectivity index (χ0) is 16.6. The summed E-state index contributed by atoms with van der Waals surface area (Å²) in [5.41, 5.74) is 2.10. The van der Waals surface area contributed by atoms with Gasteiger partial charge in [0.05, 0.1) is 23.0 Å². The van der Waals surface area contributed by atoms with Gasteiger partial charge in [0.2, 0.25) is 0 Å². The Balaban J connectivity index is 1.83. The molecule has 122 valence electrons. The van der Waals surface area contributed by atoms with Crippen LogP contribution in [-0.2, 0) is 0 Å². The van der Waals surface area contributed by atoms with Gasteiger partial charge in [-0.1, -0.05) is 18.5 Å². The Morgan fingerprint density at radius 3 is 2.70 bits per heavy atom. The third-order valence-corrected chi connectivity index (χ3v) is 4.68. The van der Waals surface area contributed by atoms with Crippen LogP contribution < -0.4 is 0 Å². The molecule has 2 atom stereocenters. The van der Waals surface area contributed by atoms with Gasteiger partial charge in [0.25, 0.3) is 5.91 Å². The van der Waals surface area contributed by atoms with Gasteiger partial charge in [-0.15, -0.1) is 0 Å². The van der Waals surface area contributed by atoms with Gasteiger partial charge in [-0.3, -0.25) is 4.79 Å². The number of nitrogens with zero attached hydrogens (tertiary/aromatic N) is 3. The standard InChI is InChI=1S/C17H20ClN3O2/c1-11-7-8-20(10-16(11)22)17(23)15-9-21(19-12(15)2)14-5-3-13(18)4-6-14/h3-6,9,11,16,22H,7-8,10H2,1-2H3. The minimum absolute atomic E-state index is 0.0753. The van der Waals surface area contributed by atoms with E-state index < -0.39 is 6.10 Å². The number of aliphatic hydroxyl groups is 1. The Bertz CT molecular complexity index is 711. The van der Waals surface area contributed by atoms with Gasteiger partial charge in [0.1, 0.15) is 0 Å². The summed E-state index contributed by atoms with van der Waals surface area (Å²) in [5.74, 6) is 0.158. The summed E-state index contributed by atoms with van der Waals surface area (Å²) in [4.78, 5) is 14.4. The fourth-order valence-electron chi connectivity index (χ4n) is 2.80. The second-order valence-corrected chi connectivity index (χ2v) is 6.57. The molecule has 1 aliphatic heterocycles. The molecule has 1 N–H and O–H groups in total. The van der Waals surface area contributed by atoms with Gasteiger partial charge in [0.15, 0.2) is 0 Å². The average molecular weight is 334 g/mol. The molecule has 1 saturated heterocycles. The minimum Gasteiger partial charge on any atom is -0.391 e. The van der Waals surface area contributed by atoms with Crippen molar-refractivity contribution in [3.8, 4) is 5.69 Å². The van der Waals surface area contributed by atoms with Crippen LogP contribution >= 0.6 is 11.6 Å². The maximum Gasteiger partial charge on any atom is 0.257 e. The quantitative estimate of drug-likeness (QED) is 0.919. The monoisotopic (exact) mass is 333 g/mol. The number of hydrogen-bond donors (Lipinski definition) is 1. The number of halogens is 1. The van der Waals surface area contributed by atoms with E-state index in [9.17, 15) is 9.90 Å². The molecule has 2 unspecified atom stereocenters. The van der Waals surface area contributed by atoms with E-state index in [1.54, 1.807) is 27.9 Å². The van der Waals surface area contributed by atoms with Crippen LogP contribution in [0.2, 0.25) is 5.02 Å². The Hall–Kier alpha value is -1.85. The smallest absolute Gasteiger partial charge is 0.257 e.